The first-order valence-electron chi connectivity index (χ1n) is 8.27. The van der Waals surface area contributed by atoms with Gasteiger partial charge in [0.05, 0.1) is 16.4 Å². The first-order valence-corrected chi connectivity index (χ1v) is 9.06. The molecule has 2 aromatic carbocycles. The minimum atomic E-state index is 0.106. The lowest BCUT2D eigenvalue weighted by Gasteiger charge is -2.11. The summed E-state index contributed by atoms with van der Waals surface area (Å²) >= 11 is 3.57. The number of fused-ring (bicyclic) bond motifs is 4. The Morgan fingerprint density at radius 2 is 1.71 bits per heavy atom. The highest BCUT2D eigenvalue weighted by molar-refractivity contribution is 9.10. The fourth-order valence-corrected chi connectivity index (χ4v) is 4.12. The number of aromatic nitrogens is 2. The lowest BCUT2D eigenvalue weighted by molar-refractivity contribution is 0.888. The van der Waals surface area contributed by atoms with Crippen LogP contribution >= 0.6 is 15.9 Å². The van der Waals surface area contributed by atoms with Gasteiger partial charge < -0.3 is 9.97 Å². The van der Waals surface area contributed by atoms with Gasteiger partial charge in [-0.2, -0.15) is 0 Å². The number of halogens is 1. The van der Waals surface area contributed by atoms with Crippen LogP contribution in [0.25, 0.3) is 32.7 Å². The zero-order valence-corrected chi connectivity index (χ0v) is 15.6. The maximum atomic E-state index is 12.7. The first kappa shape index (κ1) is 15.5. The summed E-state index contributed by atoms with van der Waals surface area (Å²) in [5.41, 5.74) is 6.38. The summed E-state index contributed by atoms with van der Waals surface area (Å²) in [4.78, 5) is 19.7. The van der Waals surface area contributed by atoms with Crippen LogP contribution in [0.4, 0.5) is 0 Å². The number of hydrogen-bond donors (Lipinski definition) is 2. The third-order valence-electron chi connectivity index (χ3n) is 4.87. The highest BCUT2D eigenvalue weighted by atomic mass is 79.9. The topological polar surface area (TPSA) is 48.6 Å². The van der Waals surface area contributed by atoms with Crippen LogP contribution in [0.2, 0.25) is 0 Å². The Morgan fingerprint density at radius 1 is 1.00 bits per heavy atom. The van der Waals surface area contributed by atoms with E-state index in [4.69, 9.17) is 0 Å². The van der Waals surface area contributed by atoms with Gasteiger partial charge in [0.15, 0.2) is 5.43 Å². The fraction of sp³-hybridized carbons (Fsp3) is 0.250. The van der Waals surface area contributed by atoms with Crippen molar-refractivity contribution in [2.45, 2.75) is 33.6 Å². The van der Waals surface area contributed by atoms with E-state index in [9.17, 15) is 4.79 Å². The van der Waals surface area contributed by atoms with Gasteiger partial charge in [-0.25, -0.2) is 0 Å². The van der Waals surface area contributed by atoms with Gasteiger partial charge in [0.25, 0.3) is 0 Å². The van der Waals surface area contributed by atoms with Crippen molar-refractivity contribution in [2.24, 2.45) is 0 Å². The van der Waals surface area contributed by atoms with Crippen molar-refractivity contribution in [3.05, 3.63) is 55.8 Å². The number of benzene rings is 2. The van der Waals surface area contributed by atoms with Gasteiger partial charge in [0.1, 0.15) is 0 Å². The van der Waals surface area contributed by atoms with E-state index < -0.39 is 0 Å². The van der Waals surface area contributed by atoms with Crippen molar-refractivity contribution in [1.82, 2.24) is 9.97 Å². The second kappa shape index (κ2) is 5.49. The summed E-state index contributed by atoms with van der Waals surface area (Å²) in [6.07, 6.45) is 1.91. The number of hydrogen-bond acceptors (Lipinski definition) is 1. The molecule has 0 aliphatic carbocycles. The van der Waals surface area contributed by atoms with Gasteiger partial charge in [-0.15, -0.1) is 0 Å². The van der Waals surface area contributed by atoms with E-state index in [0.29, 0.717) is 0 Å². The Bertz CT molecular complexity index is 1170. The van der Waals surface area contributed by atoms with E-state index in [2.05, 4.69) is 51.9 Å². The van der Waals surface area contributed by atoms with Crippen molar-refractivity contribution < 1.29 is 0 Å². The molecule has 0 fully saturated rings. The molecule has 0 aliphatic rings. The third kappa shape index (κ3) is 2.13. The molecule has 0 saturated carbocycles. The molecule has 0 bridgehead atoms. The molecule has 2 N–H and O–H groups in total. The van der Waals surface area contributed by atoms with Crippen LogP contribution in [0.1, 0.15) is 30.2 Å². The lowest BCUT2D eigenvalue weighted by atomic mass is 9.98. The molecule has 0 radical (unpaired) electrons. The van der Waals surface area contributed by atoms with Crippen LogP contribution in [-0.4, -0.2) is 9.97 Å². The maximum Gasteiger partial charge on any atom is 0.190 e. The van der Waals surface area contributed by atoms with Crippen LogP contribution in [0.15, 0.2) is 33.5 Å². The van der Waals surface area contributed by atoms with Crippen LogP contribution in [0.5, 0.6) is 0 Å². The molecule has 4 heteroatoms. The maximum absolute atomic E-state index is 12.7. The minimum absolute atomic E-state index is 0.106. The number of H-pyrrole nitrogens is 2. The van der Waals surface area contributed by atoms with Crippen molar-refractivity contribution in [2.75, 3.05) is 0 Å². The molecule has 4 rings (SSSR count). The van der Waals surface area contributed by atoms with Gasteiger partial charge in [-0.05, 0) is 49.6 Å². The molecule has 3 nitrogen and oxygen atoms in total. The number of pyridine rings is 1. The molecular weight excluding hydrogens is 364 g/mol. The Morgan fingerprint density at radius 3 is 2.46 bits per heavy atom. The normalized spacial score (nSPS) is 11.8. The predicted octanol–water partition coefficient (Wildman–Crippen LogP) is 5.49. The van der Waals surface area contributed by atoms with E-state index in [1.165, 1.54) is 10.8 Å². The Hall–Kier alpha value is -2.07. The van der Waals surface area contributed by atoms with Gasteiger partial charge >= 0.3 is 0 Å². The average Bonchev–Trinajstić information content (AvgIpc) is 2.91. The van der Waals surface area contributed by atoms with Crippen LogP contribution in [0.3, 0.4) is 0 Å². The van der Waals surface area contributed by atoms with E-state index in [0.717, 1.165) is 56.1 Å². The van der Waals surface area contributed by atoms with Crippen LogP contribution < -0.4 is 5.43 Å². The molecule has 122 valence electrons. The number of nitrogens with one attached hydrogen (secondary N) is 2. The van der Waals surface area contributed by atoms with E-state index >= 15 is 0 Å². The molecule has 0 saturated heterocycles. The van der Waals surface area contributed by atoms with Gasteiger partial charge in [-0.1, -0.05) is 29.3 Å². The molecule has 2 heterocycles. The third-order valence-corrected chi connectivity index (χ3v) is 5.36. The molecule has 0 atom stereocenters. The van der Waals surface area contributed by atoms with E-state index in [1.54, 1.807) is 6.07 Å². The smallest absolute Gasteiger partial charge is 0.190 e. The highest BCUT2D eigenvalue weighted by Gasteiger charge is 2.16. The number of aromatic amines is 2. The molecule has 2 aromatic heterocycles. The number of rotatable bonds is 2. The molecular formula is C20H19BrN2O. The van der Waals surface area contributed by atoms with Crippen molar-refractivity contribution in [1.29, 1.82) is 0 Å². The average molecular weight is 383 g/mol. The van der Waals surface area contributed by atoms with Crippen molar-refractivity contribution in [3.8, 4) is 0 Å². The summed E-state index contributed by atoms with van der Waals surface area (Å²) < 4.78 is 1.06. The quantitative estimate of drug-likeness (QED) is 0.472. The second-order valence-corrected chi connectivity index (χ2v) is 7.39. The molecule has 0 unspecified atom stereocenters. The van der Waals surface area contributed by atoms with Crippen molar-refractivity contribution in [3.63, 3.8) is 0 Å². The molecule has 4 aromatic rings. The molecule has 24 heavy (non-hydrogen) atoms. The lowest BCUT2D eigenvalue weighted by Crippen LogP contribution is -2.08. The summed E-state index contributed by atoms with van der Waals surface area (Å²) in [7, 11) is 0. The molecule has 0 spiro atoms. The van der Waals surface area contributed by atoms with Gasteiger partial charge in [-0.3, -0.25) is 4.79 Å². The summed E-state index contributed by atoms with van der Waals surface area (Å²) in [6, 6.07) is 8.00. The highest BCUT2D eigenvalue weighted by Crippen LogP contribution is 2.35. The van der Waals surface area contributed by atoms with E-state index in [-0.39, 0.29) is 5.43 Å². The fourth-order valence-electron chi connectivity index (χ4n) is 3.76. The predicted molar refractivity (Wildman–Crippen MR) is 105 cm³/mol. The van der Waals surface area contributed by atoms with Crippen molar-refractivity contribution >= 4 is 48.6 Å². The largest absolute Gasteiger partial charge is 0.358 e. The standard InChI is InChI=1S/C20H19BrN2O/c1-4-5-13-9-16(24)18-11(3)19-17(10(2)20(18)22-13)14-8-12(21)6-7-15(14)23-19/h6-9,23H,4-5H2,1-3H3,(H,22,24). The molecule has 0 aliphatic heterocycles. The Balaban J connectivity index is 2.25. The Labute approximate surface area is 148 Å². The summed E-state index contributed by atoms with van der Waals surface area (Å²) in [6.45, 7) is 6.26. The second-order valence-electron chi connectivity index (χ2n) is 6.47. The SMILES string of the molecule is CCCc1cc(=O)c2c(C)c3[nH]c4ccc(Br)cc4c3c(C)c2[nH]1. The Kier molecular flexibility index (Phi) is 3.53. The minimum Gasteiger partial charge on any atom is -0.358 e. The first-order chi connectivity index (χ1) is 11.5. The van der Waals surface area contributed by atoms with Crippen LogP contribution in [0, 0.1) is 13.8 Å². The summed E-state index contributed by atoms with van der Waals surface area (Å²) in [5.74, 6) is 0. The zero-order chi connectivity index (χ0) is 17.0. The van der Waals surface area contributed by atoms with Gasteiger partial charge in [0.2, 0.25) is 0 Å². The number of aryl methyl sites for hydroxylation is 3. The summed E-state index contributed by atoms with van der Waals surface area (Å²) in [5, 5.41) is 3.18. The monoisotopic (exact) mass is 382 g/mol. The molecule has 0 amide bonds. The van der Waals surface area contributed by atoms with Crippen LogP contribution in [-0.2, 0) is 6.42 Å². The van der Waals surface area contributed by atoms with Gasteiger partial charge in [0, 0.05) is 32.5 Å². The van der Waals surface area contributed by atoms with E-state index in [1.807, 2.05) is 13.0 Å². The zero-order valence-electron chi connectivity index (χ0n) is 14.0.